The number of aromatic nitrogens is 1. The summed E-state index contributed by atoms with van der Waals surface area (Å²) in [6, 6.07) is 8.25. The number of hydrogen-bond acceptors (Lipinski definition) is 2. The van der Waals surface area contributed by atoms with Crippen LogP contribution in [0.25, 0.3) is 11.1 Å². The third kappa shape index (κ3) is 4.00. The molecule has 2 aromatic rings. The van der Waals surface area contributed by atoms with Gasteiger partial charge in [-0.3, -0.25) is 9.78 Å². The van der Waals surface area contributed by atoms with E-state index in [0.717, 1.165) is 59.0 Å². The Kier molecular flexibility index (Phi) is 5.70. The second-order valence-electron chi connectivity index (χ2n) is 7.70. The number of pyridine rings is 1. The molecule has 2 fully saturated rings. The summed E-state index contributed by atoms with van der Waals surface area (Å²) in [6.45, 7) is 0.926. The quantitative estimate of drug-likeness (QED) is 0.649. The average Bonchev–Trinajstić information content (AvgIpc) is 3.12. The fourth-order valence-corrected chi connectivity index (χ4v) is 5.25. The number of carbonyl (C=O) groups excluding carboxylic acids is 1. The number of benzene rings is 1. The van der Waals surface area contributed by atoms with E-state index in [2.05, 4.69) is 9.88 Å². The summed E-state index contributed by atoms with van der Waals surface area (Å²) in [4.78, 5) is 18.3. The van der Waals surface area contributed by atoms with Gasteiger partial charge in [-0.15, -0.1) is 0 Å². The van der Waals surface area contributed by atoms with Crippen molar-refractivity contribution in [1.29, 1.82) is 0 Å². The van der Waals surface area contributed by atoms with Crippen molar-refractivity contribution in [3.05, 3.63) is 52.3 Å². The van der Waals surface area contributed by atoms with Crippen LogP contribution in [-0.2, 0) is 11.2 Å². The highest BCUT2D eigenvalue weighted by molar-refractivity contribution is 6.37. The zero-order valence-corrected chi connectivity index (χ0v) is 16.8. The summed E-state index contributed by atoms with van der Waals surface area (Å²) < 4.78 is 0. The van der Waals surface area contributed by atoms with Crippen LogP contribution in [0.3, 0.4) is 0 Å². The molecule has 1 aliphatic heterocycles. The Hall–Kier alpha value is -1.58. The Labute approximate surface area is 170 Å². The fourth-order valence-electron chi connectivity index (χ4n) is 4.61. The Morgan fingerprint density at radius 1 is 1.07 bits per heavy atom. The first kappa shape index (κ1) is 18.8. The Bertz CT molecular complexity index is 825. The molecule has 1 aliphatic carbocycles. The van der Waals surface area contributed by atoms with Crippen LogP contribution in [0, 0.1) is 5.92 Å². The second-order valence-corrected chi connectivity index (χ2v) is 8.49. The summed E-state index contributed by atoms with van der Waals surface area (Å²) in [5.41, 5.74) is 3.09. The smallest absolute Gasteiger partial charge is 0.222 e. The molecule has 1 saturated heterocycles. The molecule has 27 heavy (non-hydrogen) atoms. The van der Waals surface area contributed by atoms with Gasteiger partial charge in [-0.05, 0) is 67.3 Å². The molecule has 2 aliphatic rings. The zero-order chi connectivity index (χ0) is 18.8. The van der Waals surface area contributed by atoms with Gasteiger partial charge in [0.25, 0.3) is 0 Å². The van der Waals surface area contributed by atoms with Gasteiger partial charge in [0.05, 0.1) is 5.02 Å². The molecule has 142 valence electrons. The van der Waals surface area contributed by atoms with Gasteiger partial charge in [-0.2, -0.15) is 0 Å². The Morgan fingerprint density at radius 2 is 1.89 bits per heavy atom. The monoisotopic (exact) mass is 402 g/mol. The Balaban J connectivity index is 1.54. The molecule has 1 amide bonds. The third-order valence-electron chi connectivity index (χ3n) is 5.98. The van der Waals surface area contributed by atoms with Crippen molar-refractivity contribution >= 4 is 29.1 Å². The molecule has 4 rings (SSSR count). The Morgan fingerprint density at radius 3 is 2.63 bits per heavy atom. The number of carbonyl (C=O) groups is 1. The van der Waals surface area contributed by atoms with E-state index in [1.807, 2.05) is 24.3 Å². The number of hydrogen-bond donors (Lipinski definition) is 0. The van der Waals surface area contributed by atoms with Crippen LogP contribution < -0.4 is 0 Å². The van der Waals surface area contributed by atoms with Gasteiger partial charge in [-0.25, -0.2) is 0 Å². The van der Waals surface area contributed by atoms with Crippen molar-refractivity contribution in [1.82, 2.24) is 9.88 Å². The molecule has 1 aromatic heterocycles. The van der Waals surface area contributed by atoms with E-state index < -0.39 is 0 Å². The third-order valence-corrected chi connectivity index (χ3v) is 6.76. The maximum Gasteiger partial charge on any atom is 0.222 e. The molecular formula is C22H24Cl2N2O. The topological polar surface area (TPSA) is 33.2 Å². The summed E-state index contributed by atoms with van der Waals surface area (Å²) in [7, 11) is 0. The van der Waals surface area contributed by atoms with E-state index >= 15 is 0 Å². The van der Waals surface area contributed by atoms with E-state index in [9.17, 15) is 4.79 Å². The van der Waals surface area contributed by atoms with Gasteiger partial charge in [0, 0.05) is 42.0 Å². The van der Waals surface area contributed by atoms with Crippen molar-refractivity contribution in [3.8, 4) is 11.1 Å². The van der Waals surface area contributed by atoms with Crippen molar-refractivity contribution in [2.75, 3.05) is 6.54 Å². The highest BCUT2D eigenvalue weighted by Crippen LogP contribution is 2.39. The summed E-state index contributed by atoms with van der Waals surface area (Å²) >= 11 is 13.3. The summed E-state index contributed by atoms with van der Waals surface area (Å²) in [6.07, 6.45) is 10.7. The minimum absolute atomic E-state index is 0.330. The average molecular weight is 403 g/mol. The lowest BCUT2D eigenvalue weighted by Gasteiger charge is -2.35. The summed E-state index contributed by atoms with van der Waals surface area (Å²) in [5, 5.41) is 1.48. The number of halogens is 2. The van der Waals surface area contributed by atoms with Crippen molar-refractivity contribution in [3.63, 3.8) is 0 Å². The molecule has 0 radical (unpaired) electrons. The van der Waals surface area contributed by atoms with Gasteiger partial charge in [0.2, 0.25) is 5.91 Å². The molecule has 3 nitrogen and oxygen atoms in total. The molecule has 2 heterocycles. The molecular weight excluding hydrogens is 379 g/mol. The molecule has 5 heteroatoms. The number of rotatable bonds is 4. The predicted octanol–water partition coefficient (Wildman–Crippen LogP) is 5.78. The van der Waals surface area contributed by atoms with Crippen LogP contribution in [0.2, 0.25) is 10.0 Å². The maximum atomic E-state index is 12.1. The minimum atomic E-state index is 0.330. The van der Waals surface area contributed by atoms with Gasteiger partial charge in [0.1, 0.15) is 0 Å². The van der Waals surface area contributed by atoms with Crippen molar-refractivity contribution < 1.29 is 4.79 Å². The highest BCUT2D eigenvalue weighted by atomic mass is 35.5. The lowest BCUT2D eigenvalue weighted by atomic mass is 9.81. The molecule has 1 aromatic carbocycles. The molecule has 1 saturated carbocycles. The van der Waals surface area contributed by atoms with Crippen molar-refractivity contribution in [2.24, 2.45) is 5.92 Å². The van der Waals surface area contributed by atoms with E-state index in [4.69, 9.17) is 23.2 Å². The lowest BCUT2D eigenvalue weighted by molar-refractivity contribution is -0.130. The van der Waals surface area contributed by atoms with E-state index in [1.165, 1.54) is 12.8 Å². The second kappa shape index (κ2) is 8.20. The van der Waals surface area contributed by atoms with Gasteiger partial charge >= 0.3 is 0 Å². The SMILES string of the molecule is O=C1CCCN1C1CCCC(Cc2c(Cl)ccc(-c3ccncc3)c2Cl)C1. The van der Waals surface area contributed by atoms with Crippen LogP contribution in [0.5, 0.6) is 0 Å². The largest absolute Gasteiger partial charge is 0.340 e. The van der Waals surface area contributed by atoms with Crippen LogP contribution in [0.1, 0.15) is 44.1 Å². The lowest BCUT2D eigenvalue weighted by Crippen LogP contribution is -2.39. The standard InChI is InChI=1S/C22H24Cl2N2O/c23-20-7-6-18(16-8-10-25-11-9-16)22(24)19(20)14-15-3-1-4-17(13-15)26-12-2-5-21(26)27/h6-11,15,17H,1-5,12-14H2. The molecule has 0 spiro atoms. The van der Waals surface area contributed by atoms with Crippen LogP contribution >= 0.6 is 23.2 Å². The molecule has 2 unspecified atom stereocenters. The summed E-state index contributed by atoms with van der Waals surface area (Å²) in [5.74, 6) is 0.844. The molecule has 0 N–H and O–H groups in total. The van der Waals surface area contributed by atoms with Crippen LogP contribution in [-0.4, -0.2) is 28.4 Å². The van der Waals surface area contributed by atoms with E-state index in [0.29, 0.717) is 24.3 Å². The highest BCUT2D eigenvalue weighted by Gasteiger charge is 2.32. The number of amides is 1. The van der Waals surface area contributed by atoms with Gasteiger partial charge in [0.15, 0.2) is 0 Å². The van der Waals surface area contributed by atoms with E-state index in [-0.39, 0.29) is 0 Å². The fraction of sp³-hybridized carbons (Fsp3) is 0.455. The van der Waals surface area contributed by atoms with Crippen LogP contribution in [0.4, 0.5) is 0 Å². The first-order valence-corrected chi connectivity index (χ1v) is 10.6. The van der Waals surface area contributed by atoms with Crippen molar-refractivity contribution in [2.45, 2.75) is 51.0 Å². The molecule has 0 bridgehead atoms. The first-order chi connectivity index (χ1) is 13.1. The number of likely N-dealkylation sites (tertiary alicyclic amines) is 1. The van der Waals surface area contributed by atoms with Crippen LogP contribution in [0.15, 0.2) is 36.7 Å². The zero-order valence-electron chi connectivity index (χ0n) is 15.3. The van der Waals surface area contributed by atoms with Gasteiger partial charge in [-0.1, -0.05) is 35.7 Å². The number of nitrogens with zero attached hydrogens (tertiary/aromatic N) is 2. The van der Waals surface area contributed by atoms with E-state index in [1.54, 1.807) is 12.4 Å². The molecule has 2 atom stereocenters. The van der Waals surface area contributed by atoms with Gasteiger partial charge < -0.3 is 4.90 Å². The normalized spacial score (nSPS) is 23.0. The predicted molar refractivity (Wildman–Crippen MR) is 110 cm³/mol. The minimum Gasteiger partial charge on any atom is -0.340 e. The first-order valence-electron chi connectivity index (χ1n) is 9.80. The maximum absolute atomic E-state index is 12.1.